The van der Waals surface area contributed by atoms with Crippen molar-refractivity contribution in [1.82, 2.24) is 14.9 Å². The molecule has 1 aromatic heterocycles. The summed E-state index contributed by atoms with van der Waals surface area (Å²) in [4.78, 5) is 13.4. The lowest BCUT2D eigenvalue weighted by molar-refractivity contribution is -0.186. The fraction of sp³-hybridized carbons (Fsp3) is 0.467. The maximum Gasteiger partial charge on any atom is 0.391 e. The molecule has 2 fully saturated rings. The number of aryl methyl sites for hydroxylation is 1. The number of nitrogens with one attached hydrogen (secondary N) is 3. The van der Waals surface area contributed by atoms with Crippen LogP contribution >= 0.6 is 15.9 Å². The molecule has 0 spiro atoms. The first kappa shape index (κ1) is 34.0. The number of nitrogens with zero attached hydrogens (tertiary/aromatic N) is 4. The van der Waals surface area contributed by atoms with Crippen LogP contribution < -0.4 is 25.0 Å². The highest BCUT2D eigenvalue weighted by molar-refractivity contribution is 9.10. The molecule has 2 aliphatic heterocycles. The molecule has 0 aliphatic carbocycles. The summed E-state index contributed by atoms with van der Waals surface area (Å²) in [5.41, 5.74) is 2.93. The van der Waals surface area contributed by atoms with Gasteiger partial charge >= 0.3 is 6.18 Å². The van der Waals surface area contributed by atoms with Crippen LogP contribution in [0.3, 0.4) is 0 Å². The average Bonchev–Trinajstić information content (AvgIpc) is 2.99. The zero-order valence-corrected chi connectivity index (χ0v) is 28.0. The lowest BCUT2D eigenvalue weighted by atomic mass is 9.93. The maximum absolute atomic E-state index is 13.9. The van der Waals surface area contributed by atoms with Gasteiger partial charge in [-0.2, -0.15) is 18.2 Å². The van der Waals surface area contributed by atoms with E-state index in [0.29, 0.717) is 34.8 Å². The number of anilines is 6. The Morgan fingerprint density at radius 3 is 2.30 bits per heavy atom. The molecule has 3 aromatic rings. The number of methoxy groups -OCH3 is 1. The Hall–Kier alpha value is -3.37. The van der Waals surface area contributed by atoms with Gasteiger partial charge in [0.1, 0.15) is 17.4 Å². The van der Waals surface area contributed by atoms with Crippen molar-refractivity contribution in [2.75, 3.05) is 59.8 Å². The Kier molecular flexibility index (Phi) is 10.2. The second-order valence-corrected chi connectivity index (χ2v) is 14.2. The lowest BCUT2D eigenvalue weighted by Crippen LogP contribution is -2.49. The summed E-state index contributed by atoms with van der Waals surface area (Å²) in [6.07, 6.45) is 0.467. The Morgan fingerprint density at radius 1 is 0.978 bits per heavy atom. The molecule has 2 aromatic carbocycles. The van der Waals surface area contributed by atoms with Crippen molar-refractivity contribution >= 4 is 60.5 Å². The van der Waals surface area contributed by atoms with E-state index in [1.165, 1.54) is 18.3 Å². The summed E-state index contributed by atoms with van der Waals surface area (Å²) in [6, 6.07) is 7.83. The van der Waals surface area contributed by atoms with E-state index in [4.69, 9.17) is 4.74 Å². The highest BCUT2D eigenvalue weighted by atomic mass is 79.9. The molecule has 3 heterocycles. The number of alkyl halides is 3. The minimum atomic E-state index is -4.11. The zero-order chi connectivity index (χ0) is 33.2. The summed E-state index contributed by atoms with van der Waals surface area (Å²) < 4.78 is 85.3. The van der Waals surface area contributed by atoms with Gasteiger partial charge in [-0.1, -0.05) is 0 Å². The van der Waals surface area contributed by atoms with Crippen LogP contribution in [0.4, 0.5) is 52.1 Å². The van der Waals surface area contributed by atoms with Crippen LogP contribution in [0.1, 0.15) is 31.2 Å². The van der Waals surface area contributed by atoms with Gasteiger partial charge in [-0.3, -0.25) is 4.72 Å². The molecular formula is C30H36BrF4N7O3S. The van der Waals surface area contributed by atoms with Gasteiger partial charge in [0.05, 0.1) is 40.8 Å². The van der Waals surface area contributed by atoms with Crippen LogP contribution in [-0.4, -0.2) is 75.0 Å². The molecule has 5 rings (SSSR count). The summed E-state index contributed by atoms with van der Waals surface area (Å²) in [5, 5.41) is 6.21. The SMILES string of the molecule is COc1cc(N2CCC(N3CCC(C(F)(F)F)CC3)CC2)c(C)cc1Nc1ncc(Br)c(Nc2ccc(F)cc2NS(C)(=O)=O)n1. The van der Waals surface area contributed by atoms with E-state index in [0.717, 1.165) is 49.5 Å². The first-order chi connectivity index (χ1) is 21.7. The highest BCUT2D eigenvalue weighted by Gasteiger charge is 2.42. The predicted molar refractivity (Wildman–Crippen MR) is 174 cm³/mol. The molecule has 0 saturated carbocycles. The molecule has 0 bridgehead atoms. The van der Waals surface area contributed by atoms with Gasteiger partial charge in [-0.05, 0) is 85.4 Å². The quantitative estimate of drug-likeness (QED) is 0.205. The van der Waals surface area contributed by atoms with Crippen LogP contribution in [0.5, 0.6) is 5.75 Å². The predicted octanol–water partition coefficient (Wildman–Crippen LogP) is 6.80. The minimum absolute atomic E-state index is 0.0189. The third-order valence-electron chi connectivity index (χ3n) is 8.35. The molecule has 10 nitrogen and oxygen atoms in total. The van der Waals surface area contributed by atoms with Gasteiger partial charge in [-0.15, -0.1) is 0 Å². The average molecular weight is 731 g/mol. The van der Waals surface area contributed by atoms with E-state index >= 15 is 0 Å². The zero-order valence-electron chi connectivity index (χ0n) is 25.6. The Morgan fingerprint density at radius 2 is 1.67 bits per heavy atom. The van der Waals surface area contributed by atoms with Crippen LogP contribution in [-0.2, 0) is 10.0 Å². The second kappa shape index (κ2) is 13.8. The molecule has 250 valence electrons. The highest BCUT2D eigenvalue weighted by Crippen LogP contribution is 2.38. The summed E-state index contributed by atoms with van der Waals surface area (Å²) >= 11 is 3.40. The lowest BCUT2D eigenvalue weighted by Gasteiger charge is -2.43. The topological polar surface area (TPSA) is 112 Å². The molecule has 0 amide bonds. The van der Waals surface area contributed by atoms with E-state index in [-0.39, 0.29) is 36.2 Å². The number of likely N-dealkylation sites (tertiary alicyclic amines) is 1. The summed E-state index contributed by atoms with van der Waals surface area (Å²) in [7, 11) is -2.11. The Balaban J connectivity index is 1.27. The van der Waals surface area contributed by atoms with Gasteiger partial charge in [0, 0.05) is 43.1 Å². The van der Waals surface area contributed by atoms with Gasteiger partial charge in [-0.25, -0.2) is 17.8 Å². The van der Waals surface area contributed by atoms with Gasteiger partial charge in [0.25, 0.3) is 0 Å². The molecular weight excluding hydrogens is 694 g/mol. The van der Waals surface area contributed by atoms with Gasteiger partial charge < -0.3 is 25.2 Å². The molecule has 0 atom stereocenters. The third kappa shape index (κ3) is 8.31. The fourth-order valence-electron chi connectivity index (χ4n) is 6.02. The van der Waals surface area contributed by atoms with Gasteiger partial charge in [0.2, 0.25) is 16.0 Å². The van der Waals surface area contributed by atoms with Crippen molar-refractivity contribution in [2.45, 2.75) is 44.8 Å². The van der Waals surface area contributed by atoms with Crippen molar-refractivity contribution < 1.29 is 30.7 Å². The van der Waals surface area contributed by atoms with E-state index < -0.39 is 27.9 Å². The minimum Gasteiger partial charge on any atom is -0.494 e. The number of hydrogen-bond donors (Lipinski definition) is 3. The third-order valence-corrected chi connectivity index (χ3v) is 9.52. The first-order valence-electron chi connectivity index (χ1n) is 14.8. The Bertz CT molecular complexity index is 1660. The molecule has 16 heteroatoms. The monoisotopic (exact) mass is 729 g/mol. The summed E-state index contributed by atoms with van der Waals surface area (Å²) in [6.45, 7) is 4.53. The van der Waals surface area contributed by atoms with E-state index in [2.05, 4.69) is 51.1 Å². The van der Waals surface area contributed by atoms with Crippen molar-refractivity contribution in [3.8, 4) is 5.75 Å². The smallest absolute Gasteiger partial charge is 0.391 e. The Labute approximate surface area is 274 Å². The number of halogens is 5. The van der Waals surface area contributed by atoms with Crippen LogP contribution in [0.2, 0.25) is 0 Å². The number of piperidine rings is 2. The number of aromatic nitrogens is 2. The second-order valence-electron chi connectivity index (χ2n) is 11.6. The van der Waals surface area contributed by atoms with Crippen molar-refractivity contribution in [3.63, 3.8) is 0 Å². The number of benzene rings is 2. The maximum atomic E-state index is 13.9. The largest absolute Gasteiger partial charge is 0.494 e. The number of ether oxygens (including phenoxy) is 1. The molecule has 3 N–H and O–H groups in total. The van der Waals surface area contributed by atoms with E-state index in [1.54, 1.807) is 7.11 Å². The van der Waals surface area contributed by atoms with E-state index in [1.807, 2.05) is 19.1 Å². The number of rotatable bonds is 9. The molecule has 46 heavy (non-hydrogen) atoms. The fourth-order valence-corrected chi connectivity index (χ4v) is 6.88. The van der Waals surface area contributed by atoms with Crippen molar-refractivity contribution in [1.29, 1.82) is 0 Å². The number of sulfonamides is 1. The number of hydrogen-bond acceptors (Lipinski definition) is 9. The van der Waals surface area contributed by atoms with Crippen LogP contribution in [0.15, 0.2) is 41.0 Å². The van der Waals surface area contributed by atoms with Crippen molar-refractivity contribution in [2.24, 2.45) is 5.92 Å². The van der Waals surface area contributed by atoms with E-state index in [9.17, 15) is 26.0 Å². The molecule has 0 unspecified atom stereocenters. The molecule has 2 aliphatic rings. The van der Waals surface area contributed by atoms with Gasteiger partial charge in [0.15, 0.2) is 0 Å². The summed E-state index contributed by atoms with van der Waals surface area (Å²) in [5.74, 6) is -0.704. The van der Waals surface area contributed by atoms with Crippen molar-refractivity contribution in [3.05, 3.63) is 52.4 Å². The first-order valence-corrected chi connectivity index (χ1v) is 17.5. The molecule has 2 saturated heterocycles. The normalized spacial score (nSPS) is 17.2. The van der Waals surface area contributed by atoms with Crippen LogP contribution in [0.25, 0.3) is 0 Å². The standard InChI is InChI=1S/C30H36BrF4N7O3S/c1-18-14-25(38-29-36-17-22(31)28(39-29)37-23-5-4-20(32)15-24(23)40-46(3,43)44)27(45-2)16-26(18)42-12-8-21(9-13-42)41-10-6-19(7-11-41)30(33,34)35/h4-5,14-17,19,21,40H,6-13H2,1-3H3,(H2,36,37,38,39). The molecule has 0 radical (unpaired) electrons. The van der Waals surface area contributed by atoms with Crippen LogP contribution in [0, 0.1) is 18.7 Å².